The molecule has 0 saturated carbocycles. The standard InChI is InChI=1S/C14H11BrCl2N2O3/c1-21-13-7(15)4-3-6(10(13)16)9-5-8(18)11(17)12(19-9)14(20)22-2/h3-5H,1-2H3,(H2,18,19). The van der Waals surface area contributed by atoms with Crippen molar-refractivity contribution in [2.45, 2.75) is 0 Å². The minimum atomic E-state index is -0.682. The third-order valence-corrected chi connectivity index (χ3v) is 4.29. The Bertz CT molecular complexity index is 753. The summed E-state index contributed by atoms with van der Waals surface area (Å²) < 4.78 is 10.6. The van der Waals surface area contributed by atoms with Gasteiger partial charge >= 0.3 is 5.97 Å². The topological polar surface area (TPSA) is 74.4 Å². The van der Waals surface area contributed by atoms with Gasteiger partial charge in [-0.25, -0.2) is 9.78 Å². The number of methoxy groups -OCH3 is 2. The maximum absolute atomic E-state index is 11.7. The summed E-state index contributed by atoms with van der Waals surface area (Å²) in [5.74, 6) is -0.229. The molecule has 0 amide bonds. The van der Waals surface area contributed by atoms with E-state index in [9.17, 15) is 4.79 Å². The summed E-state index contributed by atoms with van der Waals surface area (Å²) in [6.07, 6.45) is 0. The number of hydrogen-bond donors (Lipinski definition) is 1. The quantitative estimate of drug-likeness (QED) is 0.774. The molecule has 1 aromatic heterocycles. The van der Waals surface area contributed by atoms with E-state index in [-0.39, 0.29) is 16.4 Å². The Balaban J connectivity index is 2.69. The molecule has 1 heterocycles. The molecular weight excluding hydrogens is 395 g/mol. The molecule has 0 bridgehead atoms. The van der Waals surface area contributed by atoms with Gasteiger partial charge in [-0.2, -0.15) is 0 Å². The van der Waals surface area contributed by atoms with Crippen molar-refractivity contribution >= 4 is 50.8 Å². The van der Waals surface area contributed by atoms with Gasteiger partial charge in [-0.1, -0.05) is 23.2 Å². The molecule has 0 radical (unpaired) electrons. The Hall–Kier alpha value is -1.50. The van der Waals surface area contributed by atoms with Crippen LogP contribution in [-0.2, 0) is 4.74 Å². The van der Waals surface area contributed by atoms with E-state index in [2.05, 4.69) is 25.7 Å². The van der Waals surface area contributed by atoms with E-state index >= 15 is 0 Å². The smallest absolute Gasteiger partial charge is 0.358 e. The lowest BCUT2D eigenvalue weighted by Crippen LogP contribution is -2.08. The summed E-state index contributed by atoms with van der Waals surface area (Å²) in [7, 11) is 2.73. The molecule has 0 unspecified atom stereocenters. The third-order valence-electron chi connectivity index (χ3n) is 2.89. The second-order valence-corrected chi connectivity index (χ2v) is 5.80. The van der Waals surface area contributed by atoms with E-state index in [1.807, 2.05) is 0 Å². The molecule has 0 aliphatic rings. The Morgan fingerprint density at radius 3 is 2.55 bits per heavy atom. The maximum atomic E-state index is 11.7. The highest BCUT2D eigenvalue weighted by atomic mass is 79.9. The van der Waals surface area contributed by atoms with Crippen molar-refractivity contribution in [3.05, 3.63) is 38.4 Å². The van der Waals surface area contributed by atoms with Gasteiger partial charge in [0, 0.05) is 5.56 Å². The first-order valence-corrected chi connectivity index (χ1v) is 7.52. The first kappa shape index (κ1) is 16.9. The predicted molar refractivity (Wildman–Crippen MR) is 89.7 cm³/mol. The van der Waals surface area contributed by atoms with Gasteiger partial charge in [0.25, 0.3) is 0 Å². The van der Waals surface area contributed by atoms with Crippen molar-refractivity contribution in [1.29, 1.82) is 0 Å². The van der Waals surface area contributed by atoms with Gasteiger partial charge in [0.15, 0.2) is 11.4 Å². The molecule has 0 aliphatic heterocycles. The number of hydrogen-bond acceptors (Lipinski definition) is 5. The number of nitrogens with zero attached hydrogens (tertiary/aromatic N) is 1. The molecule has 0 aliphatic carbocycles. The lowest BCUT2D eigenvalue weighted by atomic mass is 10.1. The first-order chi connectivity index (χ1) is 10.4. The molecular formula is C14H11BrCl2N2O3. The van der Waals surface area contributed by atoms with Crippen LogP contribution in [-0.4, -0.2) is 25.2 Å². The number of nitrogens with two attached hydrogens (primary N) is 1. The highest BCUT2D eigenvalue weighted by molar-refractivity contribution is 9.10. The molecule has 0 fully saturated rings. The highest BCUT2D eigenvalue weighted by Crippen LogP contribution is 2.40. The zero-order chi connectivity index (χ0) is 16.4. The fraction of sp³-hybridized carbons (Fsp3) is 0.143. The molecule has 0 atom stereocenters. The number of aromatic nitrogens is 1. The van der Waals surface area contributed by atoms with Crippen LogP contribution in [0.5, 0.6) is 5.75 Å². The zero-order valence-electron chi connectivity index (χ0n) is 11.6. The number of benzene rings is 1. The molecule has 2 N–H and O–H groups in total. The van der Waals surface area contributed by atoms with Crippen LogP contribution in [0, 0.1) is 0 Å². The van der Waals surface area contributed by atoms with Gasteiger partial charge in [-0.05, 0) is 34.1 Å². The first-order valence-electron chi connectivity index (χ1n) is 5.97. The van der Waals surface area contributed by atoms with Crippen LogP contribution in [0.15, 0.2) is 22.7 Å². The maximum Gasteiger partial charge on any atom is 0.358 e. The molecule has 22 heavy (non-hydrogen) atoms. The van der Waals surface area contributed by atoms with Crippen molar-refractivity contribution in [3.8, 4) is 17.0 Å². The molecule has 5 nitrogen and oxygen atoms in total. The number of ether oxygens (including phenoxy) is 2. The van der Waals surface area contributed by atoms with E-state index in [1.54, 1.807) is 12.1 Å². The van der Waals surface area contributed by atoms with Crippen LogP contribution in [0.4, 0.5) is 5.69 Å². The monoisotopic (exact) mass is 404 g/mol. The lowest BCUT2D eigenvalue weighted by Gasteiger charge is -2.12. The second kappa shape index (κ2) is 6.73. The lowest BCUT2D eigenvalue weighted by molar-refractivity contribution is 0.0594. The van der Waals surface area contributed by atoms with Crippen LogP contribution in [0.2, 0.25) is 10.0 Å². The van der Waals surface area contributed by atoms with Crippen LogP contribution in [0.1, 0.15) is 10.5 Å². The summed E-state index contributed by atoms with van der Waals surface area (Å²) in [4.78, 5) is 15.9. The van der Waals surface area contributed by atoms with Crippen LogP contribution in [0.3, 0.4) is 0 Å². The van der Waals surface area contributed by atoms with Gasteiger partial charge in [0.2, 0.25) is 0 Å². The number of halogens is 3. The number of carbonyl (C=O) groups excluding carboxylic acids is 1. The Labute approximate surface area is 145 Å². The Morgan fingerprint density at radius 1 is 1.27 bits per heavy atom. The number of nitrogen functional groups attached to an aromatic ring is 1. The molecule has 116 valence electrons. The van der Waals surface area contributed by atoms with Crippen LogP contribution in [0.25, 0.3) is 11.3 Å². The minimum Gasteiger partial charge on any atom is -0.494 e. The number of pyridine rings is 1. The van der Waals surface area contributed by atoms with Gasteiger partial charge in [0.05, 0.1) is 40.1 Å². The number of anilines is 1. The fourth-order valence-electron chi connectivity index (χ4n) is 1.84. The van der Waals surface area contributed by atoms with Gasteiger partial charge < -0.3 is 15.2 Å². The predicted octanol–water partition coefficient (Wildman–Crippen LogP) is 4.20. The van der Waals surface area contributed by atoms with E-state index in [4.69, 9.17) is 33.7 Å². The van der Waals surface area contributed by atoms with Gasteiger partial charge in [-0.15, -0.1) is 0 Å². The molecule has 8 heteroatoms. The van der Waals surface area contributed by atoms with Crippen molar-refractivity contribution in [2.75, 3.05) is 20.0 Å². The fourth-order valence-corrected chi connectivity index (χ4v) is 2.96. The van der Waals surface area contributed by atoms with Crippen molar-refractivity contribution in [1.82, 2.24) is 4.98 Å². The number of carbonyl (C=O) groups is 1. The normalized spacial score (nSPS) is 10.4. The SMILES string of the molecule is COC(=O)c1nc(-c2ccc(Br)c(OC)c2Cl)cc(N)c1Cl. The average molecular weight is 406 g/mol. The summed E-state index contributed by atoms with van der Waals surface area (Å²) in [6, 6.07) is 5.01. The molecule has 0 spiro atoms. The second-order valence-electron chi connectivity index (χ2n) is 4.19. The van der Waals surface area contributed by atoms with E-state index in [0.29, 0.717) is 26.5 Å². The summed E-state index contributed by atoms with van der Waals surface area (Å²) >= 11 is 15.7. The molecule has 2 aromatic rings. The summed E-state index contributed by atoms with van der Waals surface area (Å²) in [5.41, 5.74) is 6.90. The van der Waals surface area contributed by atoms with Crippen molar-refractivity contribution in [2.24, 2.45) is 0 Å². The summed E-state index contributed by atoms with van der Waals surface area (Å²) in [5, 5.41) is 0.373. The van der Waals surface area contributed by atoms with E-state index in [1.165, 1.54) is 20.3 Å². The Kier molecular flexibility index (Phi) is 5.16. The molecule has 1 aromatic carbocycles. The van der Waals surface area contributed by atoms with Crippen LogP contribution < -0.4 is 10.5 Å². The highest BCUT2D eigenvalue weighted by Gasteiger charge is 2.20. The van der Waals surface area contributed by atoms with E-state index in [0.717, 1.165) is 0 Å². The van der Waals surface area contributed by atoms with E-state index < -0.39 is 5.97 Å². The van der Waals surface area contributed by atoms with Crippen molar-refractivity contribution < 1.29 is 14.3 Å². The Morgan fingerprint density at radius 2 is 1.95 bits per heavy atom. The number of rotatable bonds is 3. The van der Waals surface area contributed by atoms with Gasteiger partial charge in [-0.3, -0.25) is 0 Å². The molecule has 0 saturated heterocycles. The van der Waals surface area contributed by atoms with Crippen LogP contribution >= 0.6 is 39.1 Å². The largest absolute Gasteiger partial charge is 0.494 e. The third kappa shape index (κ3) is 2.99. The average Bonchev–Trinajstić information content (AvgIpc) is 2.50. The van der Waals surface area contributed by atoms with Gasteiger partial charge in [0.1, 0.15) is 0 Å². The van der Waals surface area contributed by atoms with Crippen molar-refractivity contribution in [3.63, 3.8) is 0 Å². The minimum absolute atomic E-state index is 0.0378. The summed E-state index contributed by atoms with van der Waals surface area (Å²) in [6.45, 7) is 0. The zero-order valence-corrected chi connectivity index (χ0v) is 14.7. The molecule has 2 rings (SSSR count). The number of esters is 1.